The summed E-state index contributed by atoms with van der Waals surface area (Å²) in [6.07, 6.45) is 3.84. The highest BCUT2D eigenvalue weighted by Gasteiger charge is 2.04. The Hall–Kier alpha value is -2.61. The number of benzene rings is 1. The minimum Gasteiger partial charge on any atom is -0.360 e. The van der Waals surface area contributed by atoms with Crippen molar-refractivity contribution in [3.8, 4) is 6.07 Å². The van der Waals surface area contributed by atoms with Crippen molar-refractivity contribution in [3.63, 3.8) is 0 Å². The molecule has 0 aliphatic heterocycles. The first-order valence-electron chi connectivity index (χ1n) is 7.03. The number of nitrogens with one attached hydrogen (secondary N) is 1. The molecule has 1 aromatic carbocycles. The molecule has 1 heterocycles. The summed E-state index contributed by atoms with van der Waals surface area (Å²) in [7, 11) is 2.03. The number of rotatable bonds is 6. The smallest absolute Gasteiger partial charge is 0.135 e. The highest BCUT2D eigenvalue weighted by Crippen LogP contribution is 2.18. The van der Waals surface area contributed by atoms with Gasteiger partial charge >= 0.3 is 0 Å². The van der Waals surface area contributed by atoms with E-state index < -0.39 is 0 Å². The maximum Gasteiger partial charge on any atom is 0.135 e. The van der Waals surface area contributed by atoms with Gasteiger partial charge in [-0.1, -0.05) is 19.4 Å². The Morgan fingerprint density at radius 1 is 1.29 bits per heavy atom. The summed E-state index contributed by atoms with van der Waals surface area (Å²) in [5, 5.41) is 12.1. The topological polar surface area (TPSA) is 64.8 Å². The van der Waals surface area contributed by atoms with E-state index in [0.717, 1.165) is 36.7 Å². The predicted molar refractivity (Wildman–Crippen MR) is 84.6 cm³/mol. The van der Waals surface area contributed by atoms with Gasteiger partial charge in [-0.3, -0.25) is 0 Å². The minimum absolute atomic E-state index is 0.620. The molecule has 0 spiro atoms. The van der Waals surface area contributed by atoms with Crippen molar-refractivity contribution in [2.45, 2.75) is 19.8 Å². The number of nitrogens with zero attached hydrogens (tertiary/aromatic N) is 4. The summed E-state index contributed by atoms with van der Waals surface area (Å²) in [6, 6.07) is 11.4. The molecule has 0 unspecified atom stereocenters. The van der Waals surface area contributed by atoms with Gasteiger partial charge in [-0.05, 0) is 24.6 Å². The van der Waals surface area contributed by atoms with Gasteiger partial charge in [-0.15, -0.1) is 0 Å². The number of unbranched alkanes of at least 4 members (excludes halogenated alkanes) is 1. The number of hydrogen-bond donors (Lipinski definition) is 1. The van der Waals surface area contributed by atoms with E-state index in [9.17, 15) is 0 Å². The van der Waals surface area contributed by atoms with Crippen molar-refractivity contribution >= 4 is 17.3 Å². The van der Waals surface area contributed by atoms with Gasteiger partial charge in [-0.25, -0.2) is 9.97 Å². The third-order valence-corrected chi connectivity index (χ3v) is 3.15. The predicted octanol–water partition coefficient (Wildman–Crippen LogP) is 3.33. The molecule has 21 heavy (non-hydrogen) atoms. The van der Waals surface area contributed by atoms with E-state index in [2.05, 4.69) is 33.2 Å². The van der Waals surface area contributed by atoms with Crippen molar-refractivity contribution < 1.29 is 0 Å². The summed E-state index contributed by atoms with van der Waals surface area (Å²) in [4.78, 5) is 10.6. The van der Waals surface area contributed by atoms with E-state index in [4.69, 9.17) is 5.26 Å². The third-order valence-electron chi connectivity index (χ3n) is 3.15. The van der Waals surface area contributed by atoms with Crippen LogP contribution in [0.1, 0.15) is 25.3 Å². The Morgan fingerprint density at radius 2 is 2.14 bits per heavy atom. The van der Waals surface area contributed by atoms with E-state index >= 15 is 0 Å². The molecule has 0 fully saturated rings. The van der Waals surface area contributed by atoms with Gasteiger partial charge in [0.1, 0.15) is 18.0 Å². The monoisotopic (exact) mass is 281 g/mol. The molecule has 0 saturated carbocycles. The zero-order chi connectivity index (χ0) is 15.1. The quantitative estimate of drug-likeness (QED) is 0.879. The van der Waals surface area contributed by atoms with Crippen molar-refractivity contribution in [1.82, 2.24) is 9.97 Å². The second kappa shape index (κ2) is 7.25. The molecule has 2 rings (SSSR count). The lowest BCUT2D eigenvalue weighted by Gasteiger charge is -2.18. The van der Waals surface area contributed by atoms with Gasteiger partial charge in [0.25, 0.3) is 0 Å². The second-order valence-corrected chi connectivity index (χ2v) is 4.85. The highest BCUT2D eigenvalue weighted by molar-refractivity contribution is 5.60. The lowest BCUT2D eigenvalue weighted by Crippen LogP contribution is -2.19. The number of aromatic nitrogens is 2. The molecule has 5 nitrogen and oxygen atoms in total. The van der Waals surface area contributed by atoms with Gasteiger partial charge < -0.3 is 10.2 Å². The van der Waals surface area contributed by atoms with Gasteiger partial charge in [0.2, 0.25) is 0 Å². The molecule has 0 bridgehead atoms. The van der Waals surface area contributed by atoms with Crippen LogP contribution in [0.25, 0.3) is 0 Å². The Morgan fingerprint density at radius 3 is 2.90 bits per heavy atom. The summed E-state index contributed by atoms with van der Waals surface area (Å²) in [5.41, 5.74) is 1.46. The average Bonchev–Trinajstić information content (AvgIpc) is 2.53. The van der Waals surface area contributed by atoms with Crippen LogP contribution < -0.4 is 10.2 Å². The molecule has 2 aromatic rings. The molecule has 108 valence electrons. The van der Waals surface area contributed by atoms with Gasteiger partial charge in [-0.2, -0.15) is 5.26 Å². The Kier molecular flexibility index (Phi) is 5.10. The van der Waals surface area contributed by atoms with Gasteiger partial charge in [0, 0.05) is 25.3 Å². The van der Waals surface area contributed by atoms with Gasteiger partial charge in [0.15, 0.2) is 0 Å². The fourth-order valence-corrected chi connectivity index (χ4v) is 1.95. The van der Waals surface area contributed by atoms with Gasteiger partial charge in [0.05, 0.1) is 11.6 Å². The van der Waals surface area contributed by atoms with Crippen LogP contribution in [0.4, 0.5) is 17.3 Å². The van der Waals surface area contributed by atoms with Crippen molar-refractivity contribution in [1.29, 1.82) is 5.26 Å². The van der Waals surface area contributed by atoms with Crippen LogP contribution in [0, 0.1) is 11.3 Å². The molecule has 0 saturated heterocycles. The fraction of sp³-hybridized carbons (Fsp3) is 0.312. The molecule has 1 N–H and O–H groups in total. The summed E-state index contributed by atoms with van der Waals surface area (Å²) >= 11 is 0. The minimum atomic E-state index is 0.620. The average molecular weight is 281 g/mol. The molecule has 1 aromatic heterocycles. The largest absolute Gasteiger partial charge is 0.360 e. The van der Waals surface area contributed by atoms with Crippen LogP contribution in [0.2, 0.25) is 0 Å². The third kappa shape index (κ3) is 4.18. The number of nitriles is 1. The lowest BCUT2D eigenvalue weighted by molar-refractivity contribution is 0.758. The zero-order valence-corrected chi connectivity index (χ0v) is 12.4. The van der Waals surface area contributed by atoms with E-state index in [1.165, 1.54) is 0 Å². The van der Waals surface area contributed by atoms with E-state index in [1.54, 1.807) is 18.5 Å². The first kappa shape index (κ1) is 14.8. The zero-order valence-electron chi connectivity index (χ0n) is 12.4. The van der Waals surface area contributed by atoms with Crippen molar-refractivity contribution in [2.24, 2.45) is 0 Å². The summed E-state index contributed by atoms with van der Waals surface area (Å²) < 4.78 is 0. The lowest BCUT2D eigenvalue weighted by atomic mass is 10.2. The van der Waals surface area contributed by atoms with E-state index in [0.29, 0.717) is 5.56 Å². The fourth-order valence-electron chi connectivity index (χ4n) is 1.95. The summed E-state index contributed by atoms with van der Waals surface area (Å²) in [6.45, 7) is 3.14. The molecule has 0 aliphatic carbocycles. The second-order valence-electron chi connectivity index (χ2n) is 4.85. The van der Waals surface area contributed by atoms with Crippen LogP contribution >= 0.6 is 0 Å². The molecule has 0 radical (unpaired) electrons. The van der Waals surface area contributed by atoms with Crippen LogP contribution in [-0.4, -0.2) is 23.6 Å². The first-order chi connectivity index (χ1) is 10.2. The van der Waals surface area contributed by atoms with Crippen molar-refractivity contribution in [3.05, 3.63) is 42.2 Å². The van der Waals surface area contributed by atoms with E-state index in [1.807, 2.05) is 25.2 Å². The normalized spacial score (nSPS) is 9.95. The molecule has 0 amide bonds. The highest BCUT2D eigenvalue weighted by atomic mass is 15.2. The molecule has 5 heteroatoms. The van der Waals surface area contributed by atoms with E-state index in [-0.39, 0.29) is 0 Å². The van der Waals surface area contributed by atoms with Crippen LogP contribution in [0.3, 0.4) is 0 Å². The van der Waals surface area contributed by atoms with Crippen LogP contribution in [0.5, 0.6) is 0 Å². The Balaban J connectivity index is 2.12. The first-order valence-corrected chi connectivity index (χ1v) is 7.03. The van der Waals surface area contributed by atoms with Crippen molar-refractivity contribution in [2.75, 3.05) is 23.8 Å². The number of anilines is 3. The molecule has 0 aliphatic rings. The molecular weight excluding hydrogens is 262 g/mol. The summed E-state index contributed by atoms with van der Waals surface area (Å²) in [5.74, 6) is 1.61. The number of hydrogen-bond acceptors (Lipinski definition) is 5. The maximum atomic E-state index is 8.92. The molecule has 0 atom stereocenters. The molecular formula is C16H19N5. The maximum absolute atomic E-state index is 8.92. The Labute approximate surface area is 125 Å². The van der Waals surface area contributed by atoms with Crippen LogP contribution in [0.15, 0.2) is 36.7 Å². The standard InChI is InChI=1S/C16H19N5/c1-3-4-8-21(2)16-10-15(18-12-19-16)20-14-7-5-6-13(9-14)11-17/h5-7,9-10,12H,3-4,8H2,1-2H3,(H,18,19,20). The van der Waals surface area contributed by atoms with Crippen LogP contribution in [-0.2, 0) is 0 Å². The Bertz CT molecular complexity index is 633. The SMILES string of the molecule is CCCCN(C)c1cc(Nc2cccc(C#N)c2)ncn1.